The maximum absolute atomic E-state index is 12.4. The normalized spacial score (nSPS) is 11.2. The van der Waals surface area contributed by atoms with Crippen LogP contribution < -0.4 is 26.4 Å². The van der Waals surface area contributed by atoms with Gasteiger partial charge in [-0.25, -0.2) is 4.79 Å². The summed E-state index contributed by atoms with van der Waals surface area (Å²) in [5.74, 6) is -3.12. The number of carboxylic acids is 1. The number of guanidine groups is 1. The molecule has 0 unspecified atom stereocenters. The van der Waals surface area contributed by atoms with Crippen molar-refractivity contribution in [2.45, 2.75) is 6.04 Å². The molecular weight excluding hydrogens is 442 g/mol. The Balaban J connectivity index is 1.95. The van der Waals surface area contributed by atoms with Gasteiger partial charge < -0.3 is 36.6 Å². The van der Waals surface area contributed by atoms with Gasteiger partial charge in [-0.05, 0) is 24.3 Å². The zero-order chi connectivity index (χ0) is 23.7. The number of aromatic hydroxyl groups is 1. The molecule has 0 saturated carbocycles. The van der Waals surface area contributed by atoms with Crippen LogP contribution in [0.15, 0.2) is 42.5 Å². The second kappa shape index (κ2) is 11.4. The molecule has 2 rings (SSSR count). The lowest BCUT2D eigenvalue weighted by Gasteiger charge is -2.16. The van der Waals surface area contributed by atoms with E-state index >= 15 is 0 Å². The quantitative estimate of drug-likeness (QED) is 0.151. The summed E-state index contributed by atoms with van der Waals surface area (Å²) in [6.07, 6.45) is 0. The summed E-state index contributed by atoms with van der Waals surface area (Å²) in [6, 6.07) is 8.66. The highest BCUT2D eigenvalue weighted by molar-refractivity contribution is 6.33. The number of hydrogen-bond acceptors (Lipinski definition) is 6. The van der Waals surface area contributed by atoms with E-state index in [0.717, 1.165) is 0 Å². The van der Waals surface area contributed by atoms with Crippen molar-refractivity contribution in [3.8, 4) is 11.5 Å². The zero-order valence-corrected chi connectivity index (χ0v) is 17.5. The van der Waals surface area contributed by atoms with Gasteiger partial charge in [-0.15, -0.1) is 0 Å². The van der Waals surface area contributed by atoms with Gasteiger partial charge in [0.25, 0.3) is 11.8 Å². The van der Waals surface area contributed by atoms with Gasteiger partial charge in [-0.2, -0.15) is 0 Å². The van der Waals surface area contributed by atoms with E-state index in [1.165, 1.54) is 30.3 Å². The average molecular weight is 464 g/mol. The fourth-order valence-electron chi connectivity index (χ4n) is 2.52. The largest absolute Gasteiger partial charge is 0.507 e. The van der Waals surface area contributed by atoms with Crippen molar-refractivity contribution in [1.29, 1.82) is 5.41 Å². The predicted octanol–water partition coefficient (Wildman–Crippen LogP) is 0.520. The molecule has 11 nitrogen and oxygen atoms in total. The number of nitrogens with two attached hydrogens (primary N) is 1. The molecule has 0 aliphatic rings. The molecule has 0 saturated heterocycles. The Bertz CT molecular complexity index is 1020. The van der Waals surface area contributed by atoms with Crippen LogP contribution in [-0.2, 0) is 4.79 Å². The van der Waals surface area contributed by atoms with E-state index in [9.17, 15) is 24.6 Å². The van der Waals surface area contributed by atoms with Crippen LogP contribution in [0.4, 0.5) is 0 Å². The first kappa shape index (κ1) is 24.3. The third-order valence-corrected chi connectivity index (χ3v) is 4.42. The third-order valence-electron chi connectivity index (χ3n) is 4.09. The monoisotopic (exact) mass is 463 g/mol. The molecular formula is C20H22ClN5O6. The first-order chi connectivity index (χ1) is 15.2. The Morgan fingerprint density at radius 1 is 1.09 bits per heavy atom. The number of halogens is 1. The van der Waals surface area contributed by atoms with E-state index in [-0.39, 0.29) is 46.8 Å². The number of amides is 2. The number of phenols is 1. The molecule has 12 heteroatoms. The zero-order valence-electron chi connectivity index (χ0n) is 16.7. The second-order valence-electron chi connectivity index (χ2n) is 6.42. The number of nitrogens with one attached hydrogen (secondary N) is 4. The standard InChI is InChI=1S/C20H22ClN5O6/c21-14-4-2-1-3-12(14)18(29)26-15(19(30)31)10-25-17(28)13-6-5-11(9-16(13)27)32-8-7-24-20(22)23/h1-6,9,15,27H,7-8,10H2,(H,25,28)(H,26,29)(H,30,31)(H4,22,23,24)/t15-/m0/s1. The maximum atomic E-state index is 12.4. The van der Waals surface area contributed by atoms with Gasteiger partial charge >= 0.3 is 5.97 Å². The lowest BCUT2D eigenvalue weighted by molar-refractivity contribution is -0.139. The summed E-state index contributed by atoms with van der Waals surface area (Å²) < 4.78 is 5.35. The second-order valence-corrected chi connectivity index (χ2v) is 6.83. The Morgan fingerprint density at radius 3 is 2.44 bits per heavy atom. The van der Waals surface area contributed by atoms with E-state index in [4.69, 9.17) is 27.5 Å². The summed E-state index contributed by atoms with van der Waals surface area (Å²) in [4.78, 5) is 36.1. The number of carbonyl (C=O) groups excluding carboxylic acids is 2. The minimum absolute atomic E-state index is 0.0958. The van der Waals surface area contributed by atoms with Gasteiger partial charge in [0, 0.05) is 12.6 Å². The van der Waals surface area contributed by atoms with Crippen LogP contribution >= 0.6 is 11.6 Å². The van der Waals surface area contributed by atoms with Crippen LogP contribution in [0.5, 0.6) is 11.5 Å². The molecule has 8 N–H and O–H groups in total. The number of carboxylic acid groups (broad SMARTS) is 1. The summed E-state index contributed by atoms with van der Waals surface area (Å²) >= 11 is 5.94. The average Bonchev–Trinajstić information content (AvgIpc) is 2.73. The van der Waals surface area contributed by atoms with E-state index in [0.29, 0.717) is 0 Å². The Labute approximate surface area is 188 Å². The van der Waals surface area contributed by atoms with E-state index in [1.807, 2.05) is 0 Å². The summed E-state index contributed by atoms with van der Waals surface area (Å²) in [5.41, 5.74) is 5.13. The number of carbonyl (C=O) groups is 3. The van der Waals surface area contributed by atoms with Gasteiger partial charge in [0.05, 0.1) is 22.7 Å². The van der Waals surface area contributed by atoms with Crippen molar-refractivity contribution in [2.75, 3.05) is 19.7 Å². The highest BCUT2D eigenvalue weighted by Gasteiger charge is 2.23. The van der Waals surface area contributed by atoms with Gasteiger partial charge in [0.2, 0.25) is 0 Å². The fraction of sp³-hybridized carbons (Fsp3) is 0.200. The van der Waals surface area contributed by atoms with Gasteiger partial charge in [0.15, 0.2) is 5.96 Å². The molecule has 0 aromatic heterocycles. The first-order valence-corrected chi connectivity index (χ1v) is 9.67. The smallest absolute Gasteiger partial charge is 0.328 e. The van der Waals surface area contributed by atoms with Gasteiger partial charge in [-0.1, -0.05) is 23.7 Å². The SMILES string of the molecule is N=C(N)NCCOc1ccc(C(=O)NC[C@H](NC(=O)c2ccccc2Cl)C(=O)O)c(O)c1. The highest BCUT2D eigenvalue weighted by atomic mass is 35.5. The van der Waals surface area contributed by atoms with Gasteiger partial charge in [-0.3, -0.25) is 15.0 Å². The number of hydrogen-bond donors (Lipinski definition) is 7. The van der Waals surface area contributed by atoms with Crippen molar-refractivity contribution in [3.05, 3.63) is 58.6 Å². The minimum atomic E-state index is -1.43. The van der Waals surface area contributed by atoms with Crippen LogP contribution in [-0.4, -0.2) is 59.7 Å². The van der Waals surface area contributed by atoms with Crippen LogP contribution in [0.3, 0.4) is 0 Å². The topological polar surface area (TPSA) is 187 Å². The summed E-state index contributed by atoms with van der Waals surface area (Å²) in [6.45, 7) is 0.00354. The fourth-order valence-corrected chi connectivity index (χ4v) is 2.74. The number of ether oxygens (including phenoxy) is 1. The van der Waals surface area contributed by atoms with Crippen LogP contribution in [0, 0.1) is 5.41 Å². The van der Waals surface area contributed by atoms with Crippen LogP contribution in [0.25, 0.3) is 0 Å². The molecule has 0 radical (unpaired) electrons. The molecule has 0 bridgehead atoms. The highest BCUT2D eigenvalue weighted by Crippen LogP contribution is 2.23. The number of benzene rings is 2. The van der Waals surface area contributed by atoms with Crippen LogP contribution in [0.1, 0.15) is 20.7 Å². The number of aliphatic carboxylic acids is 1. The molecule has 0 aliphatic carbocycles. The third kappa shape index (κ3) is 7.06. The lowest BCUT2D eigenvalue weighted by Crippen LogP contribution is -2.48. The molecule has 170 valence electrons. The van der Waals surface area contributed by atoms with Crippen LogP contribution in [0.2, 0.25) is 5.02 Å². The molecule has 0 spiro atoms. The summed E-state index contributed by atoms with van der Waals surface area (Å²) in [7, 11) is 0. The molecule has 2 amide bonds. The van der Waals surface area contributed by atoms with E-state index in [1.54, 1.807) is 12.1 Å². The Hall–Kier alpha value is -3.99. The van der Waals surface area contributed by atoms with Crippen molar-refractivity contribution in [1.82, 2.24) is 16.0 Å². The van der Waals surface area contributed by atoms with Crippen molar-refractivity contribution in [3.63, 3.8) is 0 Å². The first-order valence-electron chi connectivity index (χ1n) is 9.29. The van der Waals surface area contributed by atoms with E-state index in [2.05, 4.69) is 16.0 Å². The number of rotatable bonds is 10. The predicted molar refractivity (Wildman–Crippen MR) is 116 cm³/mol. The Kier molecular flexibility index (Phi) is 8.66. The van der Waals surface area contributed by atoms with Gasteiger partial charge in [0.1, 0.15) is 24.1 Å². The van der Waals surface area contributed by atoms with Crippen molar-refractivity contribution >= 4 is 35.3 Å². The molecule has 0 fully saturated rings. The van der Waals surface area contributed by atoms with Crippen molar-refractivity contribution < 1.29 is 29.3 Å². The molecule has 2 aromatic rings. The lowest BCUT2D eigenvalue weighted by atomic mass is 10.1. The molecule has 2 aromatic carbocycles. The molecule has 0 aliphatic heterocycles. The molecule has 1 atom stereocenters. The minimum Gasteiger partial charge on any atom is -0.507 e. The van der Waals surface area contributed by atoms with E-state index < -0.39 is 30.4 Å². The molecule has 0 heterocycles. The Morgan fingerprint density at radius 2 is 1.81 bits per heavy atom. The molecule has 32 heavy (non-hydrogen) atoms. The summed E-state index contributed by atoms with van der Waals surface area (Å²) in [5, 5.41) is 33.8. The van der Waals surface area contributed by atoms with Crippen molar-refractivity contribution in [2.24, 2.45) is 5.73 Å². The maximum Gasteiger partial charge on any atom is 0.328 e. The number of phenolic OH excluding ortho intramolecular Hbond substituents is 1.